The Morgan fingerprint density at radius 2 is 2.07 bits per heavy atom. The summed E-state index contributed by atoms with van der Waals surface area (Å²) in [5.41, 5.74) is 1.78. The third-order valence-electron chi connectivity index (χ3n) is 3.91. The molecule has 0 radical (unpaired) electrons. The van der Waals surface area contributed by atoms with Gasteiger partial charge in [-0.05, 0) is 43.3 Å². The first kappa shape index (κ1) is 19.5. The van der Waals surface area contributed by atoms with Crippen LogP contribution in [0.4, 0.5) is 5.69 Å². The summed E-state index contributed by atoms with van der Waals surface area (Å²) in [7, 11) is 1.59. The number of carbonyl (C=O) groups excluding carboxylic acids is 1. The lowest BCUT2D eigenvalue weighted by Crippen LogP contribution is -2.15. The first-order valence-electron chi connectivity index (χ1n) is 8.68. The van der Waals surface area contributed by atoms with Crippen molar-refractivity contribution < 1.29 is 14.3 Å². The SMILES string of the molecule is CCOc1ccccc1NC(=O)CSc1nc2ccc(OC)cc2cc1C#N. The summed E-state index contributed by atoms with van der Waals surface area (Å²) in [5, 5.41) is 13.6. The summed E-state index contributed by atoms with van der Waals surface area (Å²) in [6.07, 6.45) is 0. The highest BCUT2D eigenvalue weighted by Gasteiger charge is 2.12. The van der Waals surface area contributed by atoms with E-state index in [2.05, 4.69) is 16.4 Å². The van der Waals surface area contributed by atoms with Crippen LogP contribution in [0.15, 0.2) is 53.6 Å². The number of para-hydroxylation sites is 2. The predicted molar refractivity (Wildman–Crippen MR) is 110 cm³/mol. The van der Waals surface area contributed by atoms with Gasteiger partial charge in [0.2, 0.25) is 5.91 Å². The zero-order chi connectivity index (χ0) is 19.9. The zero-order valence-corrected chi connectivity index (χ0v) is 16.4. The number of amides is 1. The molecule has 1 amide bonds. The van der Waals surface area contributed by atoms with Crippen molar-refractivity contribution in [2.75, 3.05) is 24.8 Å². The number of nitrogens with one attached hydrogen (secondary N) is 1. The number of rotatable bonds is 7. The molecule has 0 saturated heterocycles. The minimum atomic E-state index is -0.197. The maximum Gasteiger partial charge on any atom is 0.234 e. The Balaban J connectivity index is 1.74. The number of methoxy groups -OCH3 is 1. The molecule has 0 aliphatic carbocycles. The van der Waals surface area contributed by atoms with Crippen LogP contribution in [0.1, 0.15) is 12.5 Å². The van der Waals surface area contributed by atoms with Gasteiger partial charge in [-0.15, -0.1) is 0 Å². The minimum Gasteiger partial charge on any atom is -0.497 e. The van der Waals surface area contributed by atoms with Crippen LogP contribution in [0.25, 0.3) is 10.9 Å². The summed E-state index contributed by atoms with van der Waals surface area (Å²) < 4.78 is 10.7. The summed E-state index contributed by atoms with van der Waals surface area (Å²) in [5.74, 6) is 1.26. The average molecular weight is 393 g/mol. The van der Waals surface area contributed by atoms with E-state index in [1.54, 1.807) is 25.3 Å². The fraction of sp³-hybridized carbons (Fsp3) is 0.190. The van der Waals surface area contributed by atoms with E-state index in [0.717, 1.165) is 10.9 Å². The number of hydrogen-bond donors (Lipinski definition) is 1. The monoisotopic (exact) mass is 393 g/mol. The number of benzene rings is 2. The van der Waals surface area contributed by atoms with Crippen molar-refractivity contribution in [1.82, 2.24) is 4.98 Å². The molecule has 1 N–H and O–H groups in total. The Bertz CT molecular complexity index is 1050. The molecule has 0 aliphatic rings. The van der Waals surface area contributed by atoms with Crippen molar-refractivity contribution in [1.29, 1.82) is 5.26 Å². The van der Waals surface area contributed by atoms with Crippen molar-refractivity contribution in [3.05, 3.63) is 54.1 Å². The van der Waals surface area contributed by atoms with E-state index < -0.39 is 0 Å². The van der Waals surface area contributed by atoms with Gasteiger partial charge < -0.3 is 14.8 Å². The molecule has 0 aliphatic heterocycles. The molecule has 2 aromatic carbocycles. The molecule has 1 heterocycles. The van der Waals surface area contributed by atoms with E-state index in [9.17, 15) is 10.1 Å². The van der Waals surface area contributed by atoms with Crippen LogP contribution < -0.4 is 14.8 Å². The van der Waals surface area contributed by atoms with Gasteiger partial charge in [0, 0.05) is 5.39 Å². The average Bonchev–Trinajstić information content (AvgIpc) is 2.72. The molecule has 1 aromatic heterocycles. The van der Waals surface area contributed by atoms with Crippen molar-refractivity contribution in [2.45, 2.75) is 11.9 Å². The molecule has 142 valence electrons. The normalized spacial score (nSPS) is 10.3. The second-order valence-corrected chi connectivity index (χ2v) is 6.74. The second-order valence-electron chi connectivity index (χ2n) is 5.78. The molecule has 0 saturated carbocycles. The summed E-state index contributed by atoms with van der Waals surface area (Å²) in [6, 6.07) is 16.7. The quantitative estimate of drug-likeness (QED) is 0.604. The number of nitriles is 1. The molecule has 0 atom stereocenters. The molecule has 3 rings (SSSR count). The van der Waals surface area contributed by atoms with Gasteiger partial charge in [-0.25, -0.2) is 4.98 Å². The van der Waals surface area contributed by atoms with Gasteiger partial charge in [-0.1, -0.05) is 23.9 Å². The summed E-state index contributed by atoms with van der Waals surface area (Å²) in [6.45, 7) is 2.40. The number of aromatic nitrogens is 1. The largest absolute Gasteiger partial charge is 0.497 e. The Morgan fingerprint density at radius 1 is 1.25 bits per heavy atom. The van der Waals surface area contributed by atoms with Gasteiger partial charge in [0.05, 0.1) is 36.2 Å². The highest BCUT2D eigenvalue weighted by atomic mass is 32.2. The second kappa shape index (κ2) is 9.11. The lowest BCUT2D eigenvalue weighted by atomic mass is 10.1. The standard InChI is InChI=1S/C21H19N3O3S/c1-3-27-19-7-5-4-6-18(19)23-20(25)13-28-21-15(12-22)10-14-11-16(26-2)8-9-17(14)24-21/h4-11H,3,13H2,1-2H3,(H,23,25). The molecule has 3 aromatic rings. The number of thioether (sulfide) groups is 1. The zero-order valence-electron chi connectivity index (χ0n) is 15.6. The number of nitrogens with zero attached hydrogens (tertiary/aromatic N) is 2. The fourth-order valence-corrected chi connectivity index (χ4v) is 3.39. The van der Waals surface area contributed by atoms with Crippen molar-refractivity contribution >= 4 is 34.3 Å². The molecule has 0 fully saturated rings. The third-order valence-corrected chi connectivity index (χ3v) is 4.90. The van der Waals surface area contributed by atoms with E-state index in [4.69, 9.17) is 9.47 Å². The van der Waals surface area contributed by atoms with E-state index >= 15 is 0 Å². The smallest absolute Gasteiger partial charge is 0.234 e. The summed E-state index contributed by atoms with van der Waals surface area (Å²) in [4.78, 5) is 16.9. The van der Waals surface area contributed by atoms with Crippen molar-refractivity contribution in [3.8, 4) is 17.6 Å². The first-order chi connectivity index (χ1) is 13.6. The highest BCUT2D eigenvalue weighted by Crippen LogP contribution is 2.28. The molecule has 0 unspecified atom stereocenters. The highest BCUT2D eigenvalue weighted by molar-refractivity contribution is 8.00. The number of anilines is 1. The van der Waals surface area contributed by atoms with Gasteiger partial charge in [0.25, 0.3) is 0 Å². The van der Waals surface area contributed by atoms with E-state index in [-0.39, 0.29) is 11.7 Å². The Kier molecular flexibility index (Phi) is 6.35. The number of ether oxygens (including phenoxy) is 2. The maximum atomic E-state index is 12.4. The van der Waals surface area contributed by atoms with Crippen LogP contribution >= 0.6 is 11.8 Å². The van der Waals surface area contributed by atoms with E-state index in [0.29, 0.717) is 34.4 Å². The van der Waals surface area contributed by atoms with E-state index in [1.165, 1.54) is 11.8 Å². The van der Waals surface area contributed by atoms with Gasteiger partial charge in [0.15, 0.2) is 0 Å². The van der Waals surface area contributed by atoms with Crippen LogP contribution in [0.3, 0.4) is 0 Å². The Labute approximate surface area is 167 Å². The summed E-state index contributed by atoms with van der Waals surface area (Å²) >= 11 is 1.23. The fourth-order valence-electron chi connectivity index (χ4n) is 2.63. The predicted octanol–water partition coefficient (Wildman–Crippen LogP) is 4.24. The molecule has 0 bridgehead atoms. The van der Waals surface area contributed by atoms with Crippen molar-refractivity contribution in [2.24, 2.45) is 0 Å². The van der Waals surface area contributed by atoms with Crippen molar-refractivity contribution in [3.63, 3.8) is 0 Å². The van der Waals surface area contributed by atoms with Crippen LogP contribution in [0.2, 0.25) is 0 Å². The third kappa shape index (κ3) is 4.53. The van der Waals surface area contributed by atoms with Crippen LogP contribution in [-0.4, -0.2) is 30.4 Å². The molecule has 7 heteroatoms. The van der Waals surface area contributed by atoms with Gasteiger partial charge in [-0.2, -0.15) is 5.26 Å². The van der Waals surface area contributed by atoms with E-state index in [1.807, 2.05) is 37.3 Å². The molecule has 28 heavy (non-hydrogen) atoms. The van der Waals surface area contributed by atoms with Gasteiger partial charge >= 0.3 is 0 Å². The minimum absolute atomic E-state index is 0.129. The molecular formula is C21H19N3O3S. The lowest BCUT2D eigenvalue weighted by molar-refractivity contribution is -0.113. The Hall–Kier alpha value is -3.24. The molecule has 6 nitrogen and oxygen atoms in total. The maximum absolute atomic E-state index is 12.4. The van der Waals surface area contributed by atoms with Gasteiger partial charge in [-0.3, -0.25) is 4.79 Å². The number of pyridine rings is 1. The first-order valence-corrected chi connectivity index (χ1v) is 9.66. The number of fused-ring (bicyclic) bond motifs is 1. The molecule has 0 spiro atoms. The number of hydrogen-bond acceptors (Lipinski definition) is 6. The molecular weight excluding hydrogens is 374 g/mol. The van der Waals surface area contributed by atoms with Crippen LogP contribution in [-0.2, 0) is 4.79 Å². The van der Waals surface area contributed by atoms with Crippen LogP contribution in [0.5, 0.6) is 11.5 Å². The Morgan fingerprint density at radius 3 is 2.82 bits per heavy atom. The van der Waals surface area contributed by atoms with Gasteiger partial charge in [0.1, 0.15) is 22.6 Å². The number of carbonyl (C=O) groups is 1. The lowest BCUT2D eigenvalue weighted by Gasteiger charge is -2.11. The van der Waals surface area contributed by atoms with Crippen LogP contribution in [0, 0.1) is 11.3 Å². The topological polar surface area (TPSA) is 84.2 Å².